The maximum atomic E-state index is 12.9. The molecule has 0 spiro atoms. The first kappa shape index (κ1) is 23.8. The van der Waals surface area contributed by atoms with Crippen molar-refractivity contribution in [3.63, 3.8) is 0 Å². The SMILES string of the molecule is CCCOC(=O)CCc1ccc(N(CCC)C2=NC(=O)C3CCCCCCC3S2)cc1. The number of thioether (sulfide) groups is 1. The molecule has 1 aliphatic heterocycles. The predicted octanol–water partition coefficient (Wildman–Crippen LogP) is 5.76. The minimum atomic E-state index is -0.140. The van der Waals surface area contributed by atoms with Crippen molar-refractivity contribution in [3.05, 3.63) is 29.8 Å². The van der Waals surface area contributed by atoms with Gasteiger partial charge in [-0.05, 0) is 49.8 Å². The number of carbonyl (C=O) groups is 2. The third kappa shape index (κ3) is 6.83. The van der Waals surface area contributed by atoms with Crippen molar-refractivity contribution >= 4 is 34.5 Å². The van der Waals surface area contributed by atoms with E-state index in [2.05, 4.69) is 41.1 Å². The van der Waals surface area contributed by atoms with E-state index in [1.165, 1.54) is 19.3 Å². The molecule has 0 bridgehead atoms. The first-order valence-corrected chi connectivity index (χ1v) is 12.8. The monoisotopic (exact) mass is 444 g/mol. The number of hydrogen-bond acceptors (Lipinski definition) is 5. The van der Waals surface area contributed by atoms with Gasteiger partial charge in [-0.15, -0.1) is 0 Å². The Morgan fingerprint density at radius 1 is 1.10 bits per heavy atom. The van der Waals surface area contributed by atoms with Gasteiger partial charge in [0, 0.05) is 23.9 Å². The highest BCUT2D eigenvalue weighted by atomic mass is 32.2. The lowest BCUT2D eigenvalue weighted by Gasteiger charge is -2.34. The Labute approximate surface area is 191 Å². The lowest BCUT2D eigenvalue weighted by molar-refractivity contribution is -0.143. The van der Waals surface area contributed by atoms with Crippen LogP contribution in [0.2, 0.25) is 0 Å². The summed E-state index contributed by atoms with van der Waals surface area (Å²) in [6, 6.07) is 8.31. The number of ether oxygens (including phenoxy) is 1. The Bertz CT molecular complexity index is 763. The second-order valence-electron chi connectivity index (χ2n) is 8.53. The summed E-state index contributed by atoms with van der Waals surface area (Å²) in [6.45, 7) is 5.47. The fourth-order valence-electron chi connectivity index (χ4n) is 4.27. The van der Waals surface area contributed by atoms with Crippen LogP contribution < -0.4 is 4.90 Å². The van der Waals surface area contributed by atoms with Gasteiger partial charge < -0.3 is 9.64 Å². The molecule has 1 aromatic rings. The summed E-state index contributed by atoms with van der Waals surface area (Å²) in [6.07, 6.45) is 9.85. The van der Waals surface area contributed by atoms with Crippen LogP contribution in [0.4, 0.5) is 5.69 Å². The summed E-state index contributed by atoms with van der Waals surface area (Å²) in [5.41, 5.74) is 2.17. The Kier molecular flexibility index (Phi) is 9.44. The van der Waals surface area contributed by atoms with E-state index in [-0.39, 0.29) is 17.8 Å². The van der Waals surface area contributed by atoms with Gasteiger partial charge in [0.15, 0.2) is 5.17 Å². The quantitative estimate of drug-likeness (QED) is 0.477. The number of hydrogen-bond donors (Lipinski definition) is 0. The summed E-state index contributed by atoms with van der Waals surface area (Å²) in [5.74, 6) is 0.0232. The van der Waals surface area contributed by atoms with Crippen molar-refractivity contribution in [2.45, 2.75) is 83.3 Å². The molecule has 2 unspecified atom stereocenters. The van der Waals surface area contributed by atoms with Crippen molar-refractivity contribution in [2.75, 3.05) is 18.1 Å². The number of anilines is 1. The Morgan fingerprint density at radius 2 is 1.84 bits per heavy atom. The van der Waals surface area contributed by atoms with Crippen LogP contribution in [-0.4, -0.2) is 35.4 Å². The zero-order valence-corrected chi connectivity index (χ0v) is 19.8. The van der Waals surface area contributed by atoms with E-state index in [0.29, 0.717) is 24.7 Å². The van der Waals surface area contributed by atoms with E-state index < -0.39 is 0 Å². The number of esters is 1. The topological polar surface area (TPSA) is 59.0 Å². The number of rotatable bonds is 8. The average molecular weight is 445 g/mol. The van der Waals surface area contributed by atoms with Crippen LogP contribution in [0.15, 0.2) is 29.3 Å². The number of benzene rings is 1. The fourth-order valence-corrected chi connectivity index (χ4v) is 5.71. The minimum Gasteiger partial charge on any atom is -0.466 e. The number of fused-ring (bicyclic) bond motifs is 1. The molecule has 1 amide bonds. The maximum absolute atomic E-state index is 12.9. The first-order valence-electron chi connectivity index (χ1n) is 11.9. The molecule has 1 saturated carbocycles. The minimum absolute atomic E-state index is 0.0731. The van der Waals surface area contributed by atoms with Crippen molar-refractivity contribution in [1.29, 1.82) is 0 Å². The molecule has 1 heterocycles. The standard InChI is InChI=1S/C25H36N2O3S/c1-3-17-27(20-14-11-19(12-15-20)13-16-23(28)30-18-4-2)25-26-24(29)21-9-7-5-6-8-10-22(21)31-25/h11-12,14-15,21-22H,3-10,13,16-18H2,1-2H3. The zero-order valence-electron chi connectivity index (χ0n) is 19.0. The van der Waals surface area contributed by atoms with E-state index in [1.807, 2.05) is 6.92 Å². The van der Waals surface area contributed by atoms with Crippen LogP contribution in [0.5, 0.6) is 0 Å². The lowest BCUT2D eigenvalue weighted by Crippen LogP contribution is -2.39. The van der Waals surface area contributed by atoms with Gasteiger partial charge in [-0.3, -0.25) is 9.59 Å². The molecule has 1 aliphatic carbocycles. The average Bonchev–Trinajstić information content (AvgIpc) is 2.76. The number of amidine groups is 1. The molecule has 2 aliphatic rings. The number of aryl methyl sites for hydroxylation is 1. The first-order chi connectivity index (χ1) is 15.1. The summed E-state index contributed by atoms with van der Waals surface area (Å²) >= 11 is 1.80. The molecule has 0 radical (unpaired) electrons. The van der Waals surface area contributed by atoms with Crippen LogP contribution in [0.3, 0.4) is 0 Å². The highest BCUT2D eigenvalue weighted by Gasteiger charge is 2.36. The van der Waals surface area contributed by atoms with Crippen LogP contribution in [0.1, 0.15) is 77.2 Å². The van der Waals surface area contributed by atoms with Crippen molar-refractivity contribution in [1.82, 2.24) is 0 Å². The van der Waals surface area contributed by atoms with Crippen LogP contribution in [0.25, 0.3) is 0 Å². The molecule has 3 rings (SSSR count). The third-order valence-corrected chi connectivity index (χ3v) is 7.38. The second kappa shape index (κ2) is 12.3. The molecular weight excluding hydrogens is 408 g/mol. The molecule has 170 valence electrons. The molecule has 31 heavy (non-hydrogen) atoms. The molecule has 1 fully saturated rings. The Morgan fingerprint density at radius 3 is 2.55 bits per heavy atom. The molecular formula is C25H36N2O3S. The van der Waals surface area contributed by atoms with Crippen LogP contribution in [-0.2, 0) is 20.7 Å². The number of carbonyl (C=O) groups excluding carboxylic acids is 2. The van der Waals surface area contributed by atoms with Crippen molar-refractivity contribution in [3.8, 4) is 0 Å². The smallest absolute Gasteiger partial charge is 0.306 e. The molecule has 6 heteroatoms. The highest BCUT2D eigenvalue weighted by Crippen LogP contribution is 2.38. The number of aliphatic imine (C=N–C) groups is 1. The van der Waals surface area contributed by atoms with Crippen molar-refractivity contribution in [2.24, 2.45) is 10.9 Å². The molecule has 2 atom stereocenters. The summed E-state index contributed by atoms with van der Waals surface area (Å²) in [7, 11) is 0. The normalized spacial score (nSPS) is 21.5. The lowest BCUT2D eigenvalue weighted by atomic mass is 9.90. The van der Waals surface area contributed by atoms with E-state index >= 15 is 0 Å². The second-order valence-corrected chi connectivity index (χ2v) is 9.73. The van der Waals surface area contributed by atoms with Gasteiger partial charge in [-0.25, -0.2) is 0 Å². The zero-order chi connectivity index (χ0) is 22.1. The van der Waals surface area contributed by atoms with E-state index in [4.69, 9.17) is 4.74 Å². The van der Waals surface area contributed by atoms with Gasteiger partial charge in [0.1, 0.15) is 0 Å². The largest absolute Gasteiger partial charge is 0.466 e. The van der Waals surface area contributed by atoms with E-state index in [9.17, 15) is 9.59 Å². The van der Waals surface area contributed by atoms with Crippen LogP contribution >= 0.6 is 11.8 Å². The number of amides is 1. The number of nitrogens with zero attached hydrogens (tertiary/aromatic N) is 2. The Balaban J connectivity index is 1.69. The molecule has 1 aromatic carbocycles. The molecule has 0 N–H and O–H groups in total. The van der Waals surface area contributed by atoms with Gasteiger partial charge in [0.25, 0.3) is 5.91 Å². The van der Waals surface area contributed by atoms with Crippen LogP contribution in [0, 0.1) is 5.92 Å². The highest BCUT2D eigenvalue weighted by molar-refractivity contribution is 8.14. The fraction of sp³-hybridized carbons (Fsp3) is 0.640. The van der Waals surface area contributed by atoms with E-state index in [0.717, 1.165) is 55.1 Å². The molecule has 0 saturated heterocycles. The predicted molar refractivity (Wildman–Crippen MR) is 129 cm³/mol. The van der Waals surface area contributed by atoms with Gasteiger partial charge in [0.05, 0.1) is 12.5 Å². The van der Waals surface area contributed by atoms with Crippen molar-refractivity contribution < 1.29 is 14.3 Å². The molecule has 5 nitrogen and oxygen atoms in total. The van der Waals surface area contributed by atoms with Gasteiger partial charge in [0.2, 0.25) is 0 Å². The summed E-state index contributed by atoms with van der Waals surface area (Å²) in [5, 5.41) is 1.21. The Hall–Kier alpha value is -1.82. The van der Waals surface area contributed by atoms with Gasteiger partial charge in [-0.2, -0.15) is 4.99 Å². The third-order valence-electron chi connectivity index (χ3n) is 5.99. The summed E-state index contributed by atoms with van der Waals surface area (Å²) < 4.78 is 5.16. The van der Waals surface area contributed by atoms with Gasteiger partial charge >= 0.3 is 5.97 Å². The molecule has 0 aromatic heterocycles. The maximum Gasteiger partial charge on any atom is 0.306 e. The van der Waals surface area contributed by atoms with Gasteiger partial charge in [-0.1, -0.05) is 63.4 Å². The van der Waals surface area contributed by atoms with E-state index in [1.54, 1.807) is 11.8 Å². The summed E-state index contributed by atoms with van der Waals surface area (Å²) in [4.78, 5) is 31.3.